The van der Waals surface area contributed by atoms with Crippen molar-refractivity contribution < 1.29 is 14.3 Å². The van der Waals surface area contributed by atoms with Gasteiger partial charge in [-0.05, 0) is 36.8 Å². The van der Waals surface area contributed by atoms with Crippen molar-refractivity contribution in [2.45, 2.75) is 6.42 Å². The Bertz CT molecular complexity index is 660. The third-order valence-corrected chi connectivity index (χ3v) is 3.64. The van der Waals surface area contributed by atoms with Crippen LogP contribution in [0.25, 0.3) is 0 Å². The number of para-hydroxylation sites is 1. The minimum absolute atomic E-state index is 0.0607. The highest BCUT2D eigenvalue weighted by Crippen LogP contribution is 2.34. The van der Waals surface area contributed by atoms with Crippen LogP contribution in [-0.2, 0) is 4.79 Å². The van der Waals surface area contributed by atoms with Crippen LogP contribution in [-0.4, -0.2) is 25.7 Å². The molecule has 3 rings (SSSR count). The molecule has 4 nitrogen and oxygen atoms in total. The van der Waals surface area contributed by atoms with Gasteiger partial charge in [-0.15, -0.1) is 0 Å². The van der Waals surface area contributed by atoms with Crippen LogP contribution in [0.3, 0.4) is 0 Å². The van der Waals surface area contributed by atoms with Gasteiger partial charge >= 0.3 is 0 Å². The van der Waals surface area contributed by atoms with Crippen LogP contribution in [0.15, 0.2) is 48.5 Å². The largest absolute Gasteiger partial charge is 0.494 e. The van der Waals surface area contributed by atoms with E-state index in [1.165, 1.54) is 0 Å². The summed E-state index contributed by atoms with van der Waals surface area (Å²) in [7, 11) is 0. The number of fused-ring (bicyclic) bond motifs is 1. The van der Waals surface area contributed by atoms with Gasteiger partial charge in [-0.1, -0.05) is 29.8 Å². The van der Waals surface area contributed by atoms with E-state index >= 15 is 0 Å². The molecule has 0 radical (unpaired) electrons. The molecule has 114 valence electrons. The van der Waals surface area contributed by atoms with Gasteiger partial charge < -0.3 is 14.4 Å². The van der Waals surface area contributed by atoms with Gasteiger partial charge in [0.1, 0.15) is 11.5 Å². The minimum Gasteiger partial charge on any atom is -0.494 e. The molecule has 0 saturated heterocycles. The highest BCUT2D eigenvalue weighted by molar-refractivity contribution is 6.31. The van der Waals surface area contributed by atoms with Gasteiger partial charge in [-0.3, -0.25) is 4.79 Å². The molecule has 1 aliphatic heterocycles. The maximum Gasteiger partial charge on any atom is 0.265 e. The van der Waals surface area contributed by atoms with Crippen molar-refractivity contribution in [3.63, 3.8) is 0 Å². The van der Waals surface area contributed by atoms with Crippen molar-refractivity contribution in [2.24, 2.45) is 0 Å². The van der Waals surface area contributed by atoms with Gasteiger partial charge in [-0.25, -0.2) is 0 Å². The molecule has 1 aliphatic rings. The van der Waals surface area contributed by atoms with Gasteiger partial charge in [0.15, 0.2) is 6.61 Å². The maximum absolute atomic E-state index is 12.0. The fourth-order valence-electron chi connectivity index (χ4n) is 2.35. The number of benzene rings is 2. The fourth-order valence-corrected chi connectivity index (χ4v) is 2.52. The summed E-state index contributed by atoms with van der Waals surface area (Å²) in [5.74, 6) is 1.46. The molecule has 0 N–H and O–H groups in total. The monoisotopic (exact) mass is 317 g/mol. The van der Waals surface area contributed by atoms with E-state index in [-0.39, 0.29) is 12.5 Å². The number of anilines is 1. The molecule has 0 aliphatic carbocycles. The topological polar surface area (TPSA) is 38.8 Å². The number of amides is 1. The second-order valence-corrected chi connectivity index (χ2v) is 5.40. The predicted molar refractivity (Wildman–Crippen MR) is 85.9 cm³/mol. The van der Waals surface area contributed by atoms with E-state index < -0.39 is 0 Å². The number of nitrogens with zero attached hydrogens (tertiary/aromatic N) is 1. The highest BCUT2D eigenvalue weighted by Gasteiger charge is 2.25. The molecule has 2 aromatic rings. The molecule has 22 heavy (non-hydrogen) atoms. The van der Waals surface area contributed by atoms with Crippen LogP contribution in [0.2, 0.25) is 5.02 Å². The lowest BCUT2D eigenvalue weighted by Gasteiger charge is -2.29. The summed E-state index contributed by atoms with van der Waals surface area (Å²) < 4.78 is 11.1. The zero-order valence-corrected chi connectivity index (χ0v) is 12.8. The Morgan fingerprint density at radius 2 is 2.00 bits per heavy atom. The number of carbonyl (C=O) groups excluding carboxylic acids is 1. The van der Waals surface area contributed by atoms with Crippen LogP contribution in [0.5, 0.6) is 11.5 Å². The van der Waals surface area contributed by atoms with E-state index in [1.807, 2.05) is 30.3 Å². The van der Waals surface area contributed by atoms with Gasteiger partial charge in [0, 0.05) is 11.6 Å². The molecule has 1 amide bonds. The third kappa shape index (κ3) is 3.34. The first-order valence-electron chi connectivity index (χ1n) is 7.14. The van der Waals surface area contributed by atoms with Crippen molar-refractivity contribution in [2.75, 3.05) is 24.7 Å². The Hall–Kier alpha value is -2.20. The average molecular weight is 318 g/mol. The molecule has 0 bridgehead atoms. The molecule has 0 atom stereocenters. The van der Waals surface area contributed by atoms with Crippen molar-refractivity contribution in [3.05, 3.63) is 53.6 Å². The summed E-state index contributed by atoms with van der Waals surface area (Å²) in [4.78, 5) is 13.8. The van der Waals surface area contributed by atoms with E-state index in [1.54, 1.807) is 23.1 Å². The lowest BCUT2D eigenvalue weighted by atomic mass is 10.2. The van der Waals surface area contributed by atoms with Gasteiger partial charge in [0.25, 0.3) is 5.91 Å². The molecular weight excluding hydrogens is 302 g/mol. The Kier molecular flexibility index (Phi) is 4.49. The van der Waals surface area contributed by atoms with Crippen LogP contribution in [0.1, 0.15) is 6.42 Å². The lowest BCUT2D eigenvalue weighted by molar-refractivity contribution is -0.121. The molecule has 2 aromatic carbocycles. The standard InChI is InChI=1S/C17H16ClNO3/c18-13-7-8-16-15(11-13)19(17(20)12-22-16)9-4-10-21-14-5-2-1-3-6-14/h1-3,5-8,11H,4,9-10,12H2. The van der Waals surface area contributed by atoms with Crippen molar-refractivity contribution >= 4 is 23.2 Å². The maximum atomic E-state index is 12.0. The van der Waals surface area contributed by atoms with Crippen molar-refractivity contribution in [1.29, 1.82) is 0 Å². The molecule has 0 unspecified atom stereocenters. The highest BCUT2D eigenvalue weighted by atomic mass is 35.5. The van der Waals surface area contributed by atoms with E-state index in [4.69, 9.17) is 21.1 Å². The molecule has 5 heteroatoms. The average Bonchev–Trinajstić information content (AvgIpc) is 2.54. The first-order chi connectivity index (χ1) is 10.7. The van der Waals surface area contributed by atoms with Gasteiger partial charge in [0.05, 0.1) is 12.3 Å². The first kappa shape index (κ1) is 14.7. The van der Waals surface area contributed by atoms with E-state index in [0.717, 1.165) is 17.9 Å². The normalized spacial score (nSPS) is 13.5. The second kappa shape index (κ2) is 6.71. The SMILES string of the molecule is O=C1COc2ccc(Cl)cc2N1CCCOc1ccccc1. The zero-order chi connectivity index (χ0) is 15.4. The van der Waals surface area contributed by atoms with Crippen molar-refractivity contribution in [3.8, 4) is 11.5 Å². The Morgan fingerprint density at radius 1 is 1.18 bits per heavy atom. The first-order valence-corrected chi connectivity index (χ1v) is 7.52. The number of hydrogen-bond donors (Lipinski definition) is 0. The molecule has 0 aromatic heterocycles. The Morgan fingerprint density at radius 3 is 2.82 bits per heavy atom. The number of carbonyl (C=O) groups is 1. The van der Waals surface area contributed by atoms with Crippen LogP contribution in [0.4, 0.5) is 5.69 Å². The van der Waals surface area contributed by atoms with Crippen LogP contribution < -0.4 is 14.4 Å². The molecule has 0 fully saturated rings. The summed E-state index contributed by atoms with van der Waals surface area (Å²) in [6, 6.07) is 14.9. The number of ether oxygens (including phenoxy) is 2. The van der Waals surface area contributed by atoms with E-state index in [2.05, 4.69) is 0 Å². The Balaban J connectivity index is 1.60. The van der Waals surface area contributed by atoms with Crippen LogP contribution >= 0.6 is 11.6 Å². The lowest BCUT2D eigenvalue weighted by Crippen LogP contribution is -2.39. The zero-order valence-electron chi connectivity index (χ0n) is 12.0. The second-order valence-electron chi connectivity index (χ2n) is 4.96. The van der Waals surface area contributed by atoms with E-state index in [0.29, 0.717) is 23.9 Å². The third-order valence-electron chi connectivity index (χ3n) is 3.40. The minimum atomic E-state index is -0.0607. The van der Waals surface area contributed by atoms with Crippen molar-refractivity contribution in [1.82, 2.24) is 0 Å². The molecule has 0 saturated carbocycles. The summed E-state index contributed by atoms with van der Waals surface area (Å²) in [6.07, 6.45) is 0.729. The number of hydrogen-bond acceptors (Lipinski definition) is 3. The van der Waals surface area contributed by atoms with Crippen LogP contribution in [0, 0.1) is 0 Å². The molecule has 1 heterocycles. The predicted octanol–water partition coefficient (Wildman–Crippen LogP) is 3.53. The molecular formula is C17H16ClNO3. The summed E-state index contributed by atoms with van der Waals surface area (Å²) in [6.45, 7) is 1.18. The van der Waals surface area contributed by atoms with E-state index in [9.17, 15) is 4.79 Å². The fraction of sp³-hybridized carbons (Fsp3) is 0.235. The summed E-state index contributed by atoms with van der Waals surface area (Å²) in [5, 5.41) is 0.586. The quantitative estimate of drug-likeness (QED) is 0.792. The molecule has 0 spiro atoms. The number of rotatable bonds is 5. The van der Waals surface area contributed by atoms with Gasteiger partial charge in [-0.2, -0.15) is 0 Å². The smallest absolute Gasteiger partial charge is 0.265 e. The summed E-state index contributed by atoms with van der Waals surface area (Å²) >= 11 is 6.01. The van der Waals surface area contributed by atoms with Gasteiger partial charge in [0.2, 0.25) is 0 Å². The number of halogens is 1. The Labute approximate surface area is 134 Å². The summed E-state index contributed by atoms with van der Waals surface area (Å²) in [5.41, 5.74) is 0.725.